The van der Waals surface area contributed by atoms with Gasteiger partial charge in [-0.3, -0.25) is 9.69 Å². The third-order valence-electron chi connectivity index (χ3n) is 6.56. The molecule has 1 aromatic heterocycles. The zero-order valence-corrected chi connectivity index (χ0v) is 18.7. The summed E-state index contributed by atoms with van der Waals surface area (Å²) in [5, 5.41) is 14.6. The number of halogens is 1. The fraction of sp³-hybridized carbons (Fsp3) is 0.231. The number of nitrogens with one attached hydrogen (secondary N) is 1. The zero-order valence-electron chi connectivity index (χ0n) is 18.7. The van der Waals surface area contributed by atoms with E-state index in [1.807, 2.05) is 36.4 Å². The third-order valence-corrected chi connectivity index (χ3v) is 6.56. The van der Waals surface area contributed by atoms with Crippen LogP contribution < -0.4 is 15.5 Å². The van der Waals surface area contributed by atoms with Gasteiger partial charge in [0.15, 0.2) is 17.3 Å². The topological polar surface area (TPSA) is 93.0 Å². The molecular formula is C26H22FN3O5. The maximum absolute atomic E-state index is 15.4. The van der Waals surface area contributed by atoms with E-state index in [2.05, 4.69) is 10.2 Å². The summed E-state index contributed by atoms with van der Waals surface area (Å²) >= 11 is 0. The van der Waals surface area contributed by atoms with Gasteiger partial charge in [-0.25, -0.2) is 9.18 Å². The number of hydrogen-bond acceptors (Lipinski definition) is 6. The normalized spacial score (nSPS) is 15.1. The van der Waals surface area contributed by atoms with Crippen LogP contribution >= 0.6 is 0 Å². The minimum absolute atomic E-state index is 0.0464. The fourth-order valence-corrected chi connectivity index (χ4v) is 4.78. The molecule has 0 bridgehead atoms. The molecule has 0 aliphatic carbocycles. The van der Waals surface area contributed by atoms with Gasteiger partial charge in [-0.2, -0.15) is 0 Å². The number of ether oxygens (including phenoxy) is 2. The molecule has 8 nitrogen and oxygen atoms in total. The number of carboxylic acids is 1. The van der Waals surface area contributed by atoms with Crippen molar-refractivity contribution in [3.63, 3.8) is 0 Å². The van der Waals surface area contributed by atoms with E-state index >= 15 is 4.39 Å². The van der Waals surface area contributed by atoms with Gasteiger partial charge in [-0.05, 0) is 29.0 Å². The van der Waals surface area contributed by atoms with Gasteiger partial charge >= 0.3 is 5.97 Å². The van der Waals surface area contributed by atoms with Crippen molar-refractivity contribution in [2.45, 2.75) is 0 Å². The van der Waals surface area contributed by atoms with Crippen LogP contribution in [0.2, 0.25) is 0 Å². The predicted molar refractivity (Wildman–Crippen MR) is 130 cm³/mol. The highest BCUT2D eigenvalue weighted by Gasteiger charge is 2.28. The van der Waals surface area contributed by atoms with Crippen LogP contribution in [-0.2, 0) is 4.74 Å². The van der Waals surface area contributed by atoms with E-state index in [0.29, 0.717) is 43.3 Å². The first-order valence-electron chi connectivity index (χ1n) is 11.4. The Bertz CT molecular complexity index is 1560. The van der Waals surface area contributed by atoms with Gasteiger partial charge in [0.25, 0.3) is 0 Å². The lowest BCUT2D eigenvalue weighted by atomic mass is 10.0. The molecule has 1 fully saturated rings. The number of carbonyl (C=O) groups is 1. The van der Waals surface area contributed by atoms with Gasteiger partial charge in [0.1, 0.15) is 16.8 Å². The minimum atomic E-state index is -1.37. The highest BCUT2D eigenvalue weighted by atomic mass is 19.1. The van der Waals surface area contributed by atoms with E-state index < -0.39 is 22.8 Å². The number of anilines is 1. The molecule has 3 heterocycles. The number of fused-ring (bicyclic) bond motifs is 3. The largest absolute Gasteiger partial charge is 0.477 e. The number of pyridine rings is 1. The number of hydrogen-bond donors (Lipinski definition) is 2. The maximum Gasteiger partial charge on any atom is 0.341 e. The van der Waals surface area contributed by atoms with Crippen molar-refractivity contribution in [1.29, 1.82) is 0 Å². The molecule has 1 saturated heterocycles. The van der Waals surface area contributed by atoms with E-state index in [0.717, 1.165) is 29.9 Å². The van der Waals surface area contributed by atoms with Crippen LogP contribution in [0, 0.1) is 5.82 Å². The van der Waals surface area contributed by atoms with Gasteiger partial charge in [-0.1, -0.05) is 24.3 Å². The molecule has 6 rings (SSSR count). The Kier molecular flexibility index (Phi) is 5.16. The molecule has 0 amide bonds. The lowest BCUT2D eigenvalue weighted by molar-refractivity contribution is 0.0398. The third kappa shape index (κ3) is 3.60. The van der Waals surface area contributed by atoms with Gasteiger partial charge < -0.3 is 24.5 Å². The summed E-state index contributed by atoms with van der Waals surface area (Å²) in [4.78, 5) is 27.0. The van der Waals surface area contributed by atoms with Crippen LogP contribution in [0.25, 0.3) is 27.4 Å². The second-order valence-electron chi connectivity index (χ2n) is 8.66. The average Bonchev–Trinajstić information content (AvgIpc) is 2.86. The van der Waals surface area contributed by atoms with Crippen molar-refractivity contribution in [2.24, 2.45) is 0 Å². The monoisotopic (exact) mass is 475 g/mol. The summed E-state index contributed by atoms with van der Waals surface area (Å²) < 4.78 is 28.6. The number of rotatable bonds is 5. The van der Waals surface area contributed by atoms with Crippen LogP contribution in [0.1, 0.15) is 10.4 Å². The van der Waals surface area contributed by atoms with E-state index in [1.54, 1.807) is 4.57 Å². The van der Waals surface area contributed by atoms with Gasteiger partial charge in [0, 0.05) is 32.4 Å². The first-order valence-corrected chi connectivity index (χ1v) is 11.4. The lowest BCUT2D eigenvalue weighted by Crippen LogP contribution is -2.39. The maximum atomic E-state index is 15.4. The number of aromatic nitrogens is 1. The molecule has 2 aliphatic heterocycles. The van der Waals surface area contributed by atoms with Gasteiger partial charge in [0.2, 0.25) is 5.43 Å². The fourth-order valence-electron chi connectivity index (χ4n) is 4.78. The molecule has 35 heavy (non-hydrogen) atoms. The van der Waals surface area contributed by atoms with Crippen LogP contribution in [0.4, 0.5) is 10.1 Å². The first kappa shape index (κ1) is 21.6. The summed E-state index contributed by atoms with van der Waals surface area (Å²) in [6, 6.07) is 12.5. The molecule has 0 saturated carbocycles. The lowest BCUT2D eigenvalue weighted by Gasteiger charge is -2.28. The Labute approximate surface area is 199 Å². The average molecular weight is 475 g/mol. The molecule has 9 heteroatoms. The number of morpholine rings is 1. The van der Waals surface area contributed by atoms with Crippen molar-refractivity contribution >= 4 is 33.3 Å². The van der Waals surface area contributed by atoms with E-state index in [-0.39, 0.29) is 16.8 Å². The summed E-state index contributed by atoms with van der Waals surface area (Å²) in [6.07, 6.45) is 1.29. The van der Waals surface area contributed by atoms with Crippen LogP contribution in [0.5, 0.6) is 11.5 Å². The Hall–Kier alpha value is -3.95. The predicted octanol–water partition coefficient (Wildman–Crippen LogP) is 3.83. The highest BCUT2D eigenvalue weighted by molar-refractivity contribution is 6.00. The summed E-state index contributed by atoms with van der Waals surface area (Å²) in [5.74, 6) is -1.44. The molecular weight excluding hydrogens is 453 g/mol. The Balaban J connectivity index is 1.52. The molecule has 0 unspecified atom stereocenters. The van der Waals surface area contributed by atoms with E-state index in [1.165, 1.54) is 6.20 Å². The summed E-state index contributed by atoms with van der Waals surface area (Å²) in [7, 11) is 0. The van der Waals surface area contributed by atoms with Crippen molar-refractivity contribution in [3.05, 3.63) is 70.3 Å². The van der Waals surface area contributed by atoms with Crippen LogP contribution in [0.3, 0.4) is 0 Å². The quantitative estimate of drug-likeness (QED) is 0.399. The van der Waals surface area contributed by atoms with Crippen molar-refractivity contribution < 1.29 is 23.8 Å². The Morgan fingerprint density at radius 1 is 1.11 bits per heavy atom. The van der Waals surface area contributed by atoms with Crippen molar-refractivity contribution in [3.8, 4) is 17.2 Å². The Morgan fingerprint density at radius 3 is 2.60 bits per heavy atom. The summed E-state index contributed by atoms with van der Waals surface area (Å²) in [6.45, 7) is 4.10. The molecule has 178 valence electrons. The Morgan fingerprint density at radius 2 is 1.86 bits per heavy atom. The molecule has 0 radical (unpaired) electrons. The van der Waals surface area contributed by atoms with Crippen LogP contribution in [0.15, 0.2) is 53.5 Å². The molecule has 0 atom stereocenters. The van der Waals surface area contributed by atoms with Crippen LogP contribution in [-0.4, -0.2) is 59.9 Å². The second kappa shape index (κ2) is 8.37. The summed E-state index contributed by atoms with van der Waals surface area (Å²) in [5.41, 5.74) is -0.137. The number of aromatic carboxylic acids is 1. The smallest absolute Gasteiger partial charge is 0.341 e. The molecule has 2 N–H and O–H groups in total. The van der Waals surface area contributed by atoms with Crippen molar-refractivity contribution in [2.75, 3.05) is 44.7 Å². The van der Waals surface area contributed by atoms with Gasteiger partial charge in [-0.15, -0.1) is 0 Å². The SMILES string of the molecule is O=C(O)c1cn2c3c(c(NCCN4CCOCC4)c(F)cc3c1=O)Oc1cc3ccccc3cc1-2. The molecule has 2 aliphatic rings. The van der Waals surface area contributed by atoms with Crippen molar-refractivity contribution in [1.82, 2.24) is 9.47 Å². The second-order valence-corrected chi connectivity index (χ2v) is 8.66. The van der Waals surface area contributed by atoms with Gasteiger partial charge in [0.05, 0.1) is 24.3 Å². The number of nitrogens with zero attached hydrogens (tertiary/aromatic N) is 2. The first-order chi connectivity index (χ1) is 17.0. The number of carboxylic acid groups (broad SMARTS) is 1. The molecule has 0 spiro atoms. The van der Waals surface area contributed by atoms with E-state index in [9.17, 15) is 14.7 Å². The standard InChI is InChI=1S/C26H22FN3O5/c27-19-13-17-23-25(22(19)28-5-6-29-7-9-34-10-8-29)35-21-12-16-4-2-1-3-15(16)11-20(21)30(23)14-18(24(17)31)26(32)33/h1-4,11-14,28H,5-10H2,(H,32,33). The zero-order chi connectivity index (χ0) is 24.1. The molecule has 4 aromatic rings. The number of benzene rings is 3. The van der Waals surface area contributed by atoms with E-state index in [4.69, 9.17) is 9.47 Å². The highest BCUT2D eigenvalue weighted by Crippen LogP contribution is 2.46. The minimum Gasteiger partial charge on any atom is -0.477 e. The molecule has 3 aromatic carbocycles.